The van der Waals surface area contributed by atoms with E-state index in [1.807, 2.05) is 12.1 Å². The Labute approximate surface area is 113 Å². The molecule has 0 unspecified atom stereocenters. The largest absolute Gasteiger partial charge is 0.491 e. The molecule has 4 heteroatoms. The molecular formula is C14H19ClO3. The summed E-state index contributed by atoms with van der Waals surface area (Å²) in [7, 11) is 1.59. The minimum absolute atomic E-state index is 0.103. The van der Waals surface area contributed by atoms with Gasteiger partial charge in [-0.3, -0.25) is 0 Å². The van der Waals surface area contributed by atoms with Gasteiger partial charge in [-0.25, -0.2) is 0 Å². The molecule has 100 valence electrons. The maximum absolute atomic E-state index is 9.00. The van der Waals surface area contributed by atoms with Gasteiger partial charge < -0.3 is 14.6 Å². The lowest BCUT2D eigenvalue weighted by Gasteiger charge is -2.17. The van der Waals surface area contributed by atoms with Gasteiger partial charge in [0, 0.05) is 6.61 Å². The monoisotopic (exact) mass is 270 g/mol. The molecule has 0 aliphatic heterocycles. The number of benzene rings is 1. The van der Waals surface area contributed by atoms with E-state index in [1.54, 1.807) is 7.11 Å². The number of rotatable bonds is 5. The fraction of sp³-hybridized carbons (Fsp3) is 0.571. The number of hydrogen-bond acceptors (Lipinski definition) is 3. The van der Waals surface area contributed by atoms with Crippen LogP contribution in [-0.4, -0.2) is 24.9 Å². The summed E-state index contributed by atoms with van der Waals surface area (Å²) in [5.41, 5.74) is 0.969. The standard InChI is InChI=1S/C14H19ClO3/c1-17-14-12(15)8-10(6-7-16)9-13(14)18-11-4-2-3-5-11/h8-9,11,16H,2-7H2,1H3. The first kappa shape index (κ1) is 13.5. The molecule has 0 heterocycles. The Morgan fingerprint density at radius 2 is 2.06 bits per heavy atom. The third kappa shape index (κ3) is 3.09. The van der Waals surface area contributed by atoms with Crippen LogP contribution < -0.4 is 9.47 Å². The summed E-state index contributed by atoms with van der Waals surface area (Å²) in [6.07, 6.45) is 5.45. The summed E-state index contributed by atoms with van der Waals surface area (Å²) in [5.74, 6) is 1.28. The summed E-state index contributed by atoms with van der Waals surface area (Å²) in [5, 5.41) is 9.54. The van der Waals surface area contributed by atoms with E-state index in [1.165, 1.54) is 12.8 Å². The lowest BCUT2D eigenvalue weighted by molar-refractivity contribution is 0.200. The average Bonchev–Trinajstić information content (AvgIpc) is 2.82. The van der Waals surface area contributed by atoms with Gasteiger partial charge in [-0.1, -0.05) is 11.6 Å². The van der Waals surface area contributed by atoms with Crippen LogP contribution in [0.15, 0.2) is 12.1 Å². The highest BCUT2D eigenvalue weighted by Gasteiger charge is 2.20. The normalized spacial score (nSPS) is 15.9. The second-order valence-corrected chi connectivity index (χ2v) is 5.01. The van der Waals surface area contributed by atoms with Crippen molar-refractivity contribution < 1.29 is 14.6 Å². The van der Waals surface area contributed by atoms with Crippen molar-refractivity contribution in [2.24, 2.45) is 0 Å². The number of aliphatic hydroxyl groups excluding tert-OH is 1. The molecule has 1 N–H and O–H groups in total. The Hall–Kier alpha value is -0.930. The van der Waals surface area contributed by atoms with Gasteiger partial charge in [0.2, 0.25) is 0 Å². The zero-order valence-corrected chi connectivity index (χ0v) is 11.4. The van der Waals surface area contributed by atoms with Crippen LogP contribution in [0.1, 0.15) is 31.2 Å². The summed E-state index contributed by atoms with van der Waals surface area (Å²) < 4.78 is 11.3. The SMILES string of the molecule is COc1c(Cl)cc(CCO)cc1OC1CCCC1. The Morgan fingerprint density at radius 3 is 2.67 bits per heavy atom. The first-order valence-corrected chi connectivity index (χ1v) is 6.76. The molecule has 0 spiro atoms. The highest BCUT2D eigenvalue weighted by molar-refractivity contribution is 6.32. The fourth-order valence-corrected chi connectivity index (χ4v) is 2.68. The maximum Gasteiger partial charge on any atom is 0.179 e. The fourth-order valence-electron chi connectivity index (χ4n) is 2.37. The van der Waals surface area contributed by atoms with E-state index in [4.69, 9.17) is 26.2 Å². The van der Waals surface area contributed by atoms with Crippen LogP contribution in [-0.2, 0) is 6.42 Å². The molecule has 2 rings (SSSR count). The van der Waals surface area contributed by atoms with Crippen LogP contribution in [0.25, 0.3) is 0 Å². The molecule has 1 aliphatic rings. The van der Waals surface area contributed by atoms with Gasteiger partial charge in [-0.05, 0) is 49.8 Å². The van der Waals surface area contributed by atoms with Gasteiger partial charge in [0.05, 0.1) is 18.2 Å². The molecule has 1 aromatic rings. The molecule has 18 heavy (non-hydrogen) atoms. The molecule has 0 amide bonds. The van der Waals surface area contributed by atoms with Crippen LogP contribution >= 0.6 is 11.6 Å². The van der Waals surface area contributed by atoms with E-state index in [9.17, 15) is 0 Å². The summed E-state index contributed by atoms with van der Waals surface area (Å²) >= 11 is 6.17. The molecule has 0 aromatic heterocycles. The molecule has 1 saturated carbocycles. The second kappa shape index (κ2) is 6.30. The lowest BCUT2D eigenvalue weighted by atomic mass is 10.1. The maximum atomic E-state index is 9.00. The highest BCUT2D eigenvalue weighted by Crippen LogP contribution is 2.38. The van der Waals surface area contributed by atoms with Gasteiger partial charge in [0.1, 0.15) is 0 Å². The molecule has 0 bridgehead atoms. The minimum Gasteiger partial charge on any atom is -0.491 e. The van der Waals surface area contributed by atoms with Crippen LogP contribution in [0.2, 0.25) is 5.02 Å². The molecule has 0 radical (unpaired) electrons. The van der Waals surface area contributed by atoms with Crippen LogP contribution in [0.4, 0.5) is 0 Å². The average molecular weight is 271 g/mol. The van der Waals surface area contributed by atoms with Crippen molar-refractivity contribution in [3.8, 4) is 11.5 Å². The van der Waals surface area contributed by atoms with Gasteiger partial charge in [0.15, 0.2) is 11.5 Å². The van der Waals surface area contributed by atoms with Crippen molar-refractivity contribution in [3.05, 3.63) is 22.7 Å². The summed E-state index contributed by atoms with van der Waals surface area (Å²) in [6, 6.07) is 3.73. The topological polar surface area (TPSA) is 38.7 Å². The first-order chi connectivity index (χ1) is 8.74. The van der Waals surface area contributed by atoms with Crippen molar-refractivity contribution in [3.63, 3.8) is 0 Å². The molecule has 1 aromatic carbocycles. The quantitative estimate of drug-likeness (QED) is 0.893. The lowest BCUT2D eigenvalue weighted by Crippen LogP contribution is -2.12. The molecule has 0 saturated heterocycles. The van der Waals surface area contributed by atoms with E-state index in [0.717, 1.165) is 18.4 Å². The Kier molecular flexibility index (Phi) is 4.72. The number of methoxy groups -OCH3 is 1. The number of hydrogen-bond donors (Lipinski definition) is 1. The second-order valence-electron chi connectivity index (χ2n) is 4.61. The van der Waals surface area contributed by atoms with E-state index in [0.29, 0.717) is 22.9 Å². The smallest absolute Gasteiger partial charge is 0.179 e. The molecular weight excluding hydrogens is 252 g/mol. The Balaban J connectivity index is 2.23. The van der Waals surface area contributed by atoms with E-state index in [-0.39, 0.29) is 12.7 Å². The van der Waals surface area contributed by atoms with E-state index >= 15 is 0 Å². The minimum atomic E-state index is 0.103. The van der Waals surface area contributed by atoms with Gasteiger partial charge in [0.25, 0.3) is 0 Å². The van der Waals surface area contributed by atoms with Gasteiger partial charge in [-0.2, -0.15) is 0 Å². The Morgan fingerprint density at radius 1 is 1.33 bits per heavy atom. The summed E-state index contributed by atoms with van der Waals surface area (Å²) in [4.78, 5) is 0. The van der Waals surface area contributed by atoms with E-state index in [2.05, 4.69) is 0 Å². The predicted octanol–water partition coefficient (Wildman–Crippen LogP) is 3.20. The zero-order chi connectivity index (χ0) is 13.0. The zero-order valence-electron chi connectivity index (χ0n) is 10.6. The Bertz CT molecular complexity index is 400. The third-order valence-electron chi connectivity index (χ3n) is 3.27. The van der Waals surface area contributed by atoms with Crippen LogP contribution in [0.3, 0.4) is 0 Å². The molecule has 1 fully saturated rings. The number of ether oxygens (including phenoxy) is 2. The third-order valence-corrected chi connectivity index (χ3v) is 3.55. The number of halogens is 1. The van der Waals surface area contributed by atoms with Crippen molar-refractivity contribution in [2.75, 3.05) is 13.7 Å². The summed E-state index contributed by atoms with van der Waals surface area (Å²) in [6.45, 7) is 0.103. The molecule has 3 nitrogen and oxygen atoms in total. The van der Waals surface area contributed by atoms with Crippen molar-refractivity contribution >= 4 is 11.6 Å². The van der Waals surface area contributed by atoms with Crippen molar-refractivity contribution in [2.45, 2.75) is 38.2 Å². The molecule has 0 atom stereocenters. The highest BCUT2D eigenvalue weighted by atomic mass is 35.5. The van der Waals surface area contributed by atoms with Gasteiger partial charge in [-0.15, -0.1) is 0 Å². The first-order valence-electron chi connectivity index (χ1n) is 6.38. The van der Waals surface area contributed by atoms with Crippen LogP contribution in [0, 0.1) is 0 Å². The molecule has 1 aliphatic carbocycles. The van der Waals surface area contributed by atoms with Crippen molar-refractivity contribution in [1.82, 2.24) is 0 Å². The van der Waals surface area contributed by atoms with Gasteiger partial charge >= 0.3 is 0 Å². The number of aliphatic hydroxyl groups is 1. The van der Waals surface area contributed by atoms with Crippen molar-refractivity contribution in [1.29, 1.82) is 0 Å². The predicted molar refractivity (Wildman–Crippen MR) is 71.7 cm³/mol. The van der Waals surface area contributed by atoms with E-state index < -0.39 is 0 Å². The van der Waals surface area contributed by atoms with Crippen LogP contribution in [0.5, 0.6) is 11.5 Å².